The summed E-state index contributed by atoms with van der Waals surface area (Å²) in [6, 6.07) is 8.12. The number of nitrogens with one attached hydrogen (secondary N) is 1. The van der Waals surface area contributed by atoms with E-state index in [-0.39, 0.29) is 18.4 Å². The third-order valence-corrected chi connectivity index (χ3v) is 5.14. The summed E-state index contributed by atoms with van der Waals surface area (Å²) in [7, 11) is 3.70. The molecule has 138 valence electrons. The molecule has 1 saturated carbocycles. The SMILES string of the molecule is Cc1ccc(NC(=O)CN(C)C(=O)CN(C)C2CCC(C)CC2)cc1. The Labute approximate surface area is 151 Å². The van der Waals surface area contributed by atoms with Crippen LogP contribution in [0.15, 0.2) is 24.3 Å². The van der Waals surface area contributed by atoms with Gasteiger partial charge in [0.25, 0.3) is 0 Å². The lowest BCUT2D eigenvalue weighted by Gasteiger charge is -2.33. The molecular weight excluding hydrogens is 314 g/mol. The van der Waals surface area contributed by atoms with E-state index in [2.05, 4.69) is 17.1 Å². The van der Waals surface area contributed by atoms with E-state index in [4.69, 9.17) is 0 Å². The molecule has 1 aromatic rings. The fourth-order valence-electron chi connectivity index (χ4n) is 3.29. The molecule has 1 N–H and O–H groups in total. The topological polar surface area (TPSA) is 52.7 Å². The second-order valence-corrected chi connectivity index (χ2v) is 7.49. The molecule has 5 heteroatoms. The first-order valence-electron chi connectivity index (χ1n) is 9.16. The highest BCUT2D eigenvalue weighted by molar-refractivity contribution is 5.94. The van der Waals surface area contributed by atoms with Crippen LogP contribution in [0, 0.1) is 12.8 Å². The van der Waals surface area contributed by atoms with Gasteiger partial charge in [0.1, 0.15) is 0 Å². The Bertz CT molecular complexity index is 577. The number of likely N-dealkylation sites (N-methyl/N-ethyl adjacent to an activating group) is 2. The van der Waals surface area contributed by atoms with Crippen molar-refractivity contribution in [3.63, 3.8) is 0 Å². The van der Waals surface area contributed by atoms with E-state index in [1.165, 1.54) is 17.7 Å². The molecule has 5 nitrogen and oxygen atoms in total. The molecule has 0 radical (unpaired) electrons. The quantitative estimate of drug-likeness (QED) is 0.862. The first-order valence-corrected chi connectivity index (χ1v) is 9.16. The maximum Gasteiger partial charge on any atom is 0.243 e. The Morgan fingerprint density at radius 1 is 1.04 bits per heavy atom. The van der Waals surface area contributed by atoms with E-state index >= 15 is 0 Å². The van der Waals surface area contributed by atoms with Crippen LogP contribution < -0.4 is 5.32 Å². The number of anilines is 1. The largest absolute Gasteiger partial charge is 0.335 e. The van der Waals surface area contributed by atoms with Gasteiger partial charge in [0, 0.05) is 18.8 Å². The van der Waals surface area contributed by atoms with Crippen LogP contribution in [0.1, 0.15) is 38.2 Å². The minimum atomic E-state index is -0.172. The van der Waals surface area contributed by atoms with Gasteiger partial charge in [0.2, 0.25) is 11.8 Å². The van der Waals surface area contributed by atoms with Crippen LogP contribution in [-0.2, 0) is 9.59 Å². The molecule has 1 aromatic carbocycles. The lowest BCUT2D eigenvalue weighted by Crippen LogP contribution is -2.44. The van der Waals surface area contributed by atoms with Crippen molar-refractivity contribution in [1.82, 2.24) is 9.80 Å². The van der Waals surface area contributed by atoms with Gasteiger partial charge in [-0.3, -0.25) is 14.5 Å². The van der Waals surface area contributed by atoms with E-state index in [0.29, 0.717) is 12.6 Å². The maximum atomic E-state index is 12.4. The van der Waals surface area contributed by atoms with Crippen molar-refractivity contribution in [1.29, 1.82) is 0 Å². The van der Waals surface area contributed by atoms with Gasteiger partial charge in [-0.1, -0.05) is 24.6 Å². The number of rotatable bonds is 6. The van der Waals surface area contributed by atoms with Crippen molar-refractivity contribution in [3.05, 3.63) is 29.8 Å². The average molecular weight is 345 g/mol. The molecule has 1 fully saturated rings. The Morgan fingerprint density at radius 2 is 1.64 bits per heavy atom. The maximum absolute atomic E-state index is 12.4. The highest BCUT2D eigenvalue weighted by Gasteiger charge is 2.24. The summed E-state index contributed by atoms with van der Waals surface area (Å²) < 4.78 is 0. The van der Waals surface area contributed by atoms with Gasteiger partial charge in [-0.15, -0.1) is 0 Å². The lowest BCUT2D eigenvalue weighted by atomic mass is 9.87. The van der Waals surface area contributed by atoms with Gasteiger partial charge in [-0.25, -0.2) is 0 Å². The van der Waals surface area contributed by atoms with Crippen molar-refractivity contribution in [2.24, 2.45) is 5.92 Å². The number of hydrogen-bond acceptors (Lipinski definition) is 3. The summed E-state index contributed by atoms with van der Waals surface area (Å²) in [6.07, 6.45) is 4.78. The summed E-state index contributed by atoms with van der Waals surface area (Å²) in [5, 5.41) is 2.83. The fraction of sp³-hybridized carbons (Fsp3) is 0.600. The zero-order valence-electron chi connectivity index (χ0n) is 15.9. The van der Waals surface area contributed by atoms with Crippen LogP contribution in [0.25, 0.3) is 0 Å². The highest BCUT2D eigenvalue weighted by atomic mass is 16.2. The fourth-order valence-corrected chi connectivity index (χ4v) is 3.29. The number of carbonyl (C=O) groups is 2. The number of amides is 2. The smallest absolute Gasteiger partial charge is 0.243 e. The van der Waals surface area contributed by atoms with Gasteiger partial charge in [-0.2, -0.15) is 0 Å². The Balaban J connectivity index is 1.77. The first kappa shape index (κ1) is 19.4. The molecule has 0 aromatic heterocycles. The minimum Gasteiger partial charge on any atom is -0.335 e. The number of benzene rings is 1. The summed E-state index contributed by atoms with van der Waals surface area (Å²) in [5.74, 6) is 0.613. The molecule has 0 atom stereocenters. The van der Waals surface area contributed by atoms with Crippen molar-refractivity contribution in [2.75, 3.05) is 32.5 Å². The predicted octanol–water partition coefficient (Wildman–Crippen LogP) is 2.90. The highest BCUT2D eigenvalue weighted by Crippen LogP contribution is 2.26. The molecule has 25 heavy (non-hydrogen) atoms. The number of aryl methyl sites for hydroxylation is 1. The number of nitrogens with zero attached hydrogens (tertiary/aromatic N) is 2. The summed E-state index contributed by atoms with van der Waals surface area (Å²) in [6.45, 7) is 4.74. The standard InChI is InChI=1S/C20H31N3O2/c1-15-5-9-17(10-6-15)21-19(24)13-23(4)20(25)14-22(3)18-11-7-16(2)8-12-18/h5-6,9-10,16,18H,7-8,11-14H2,1-4H3,(H,21,24). The van der Waals surface area contributed by atoms with Gasteiger partial charge >= 0.3 is 0 Å². The Kier molecular flexibility index (Phi) is 7.00. The van der Waals surface area contributed by atoms with Gasteiger partial charge in [0.15, 0.2) is 0 Å². The van der Waals surface area contributed by atoms with Crippen molar-refractivity contribution >= 4 is 17.5 Å². The molecule has 0 saturated heterocycles. The van der Waals surface area contributed by atoms with Crippen LogP contribution in [0.3, 0.4) is 0 Å². The molecule has 1 aliphatic carbocycles. The van der Waals surface area contributed by atoms with Crippen LogP contribution in [0.2, 0.25) is 0 Å². The summed E-state index contributed by atoms with van der Waals surface area (Å²) in [4.78, 5) is 28.2. The average Bonchev–Trinajstić information content (AvgIpc) is 2.57. The molecule has 0 spiro atoms. The third-order valence-electron chi connectivity index (χ3n) is 5.14. The zero-order chi connectivity index (χ0) is 18.4. The second-order valence-electron chi connectivity index (χ2n) is 7.49. The minimum absolute atomic E-state index is 0.0137. The van der Waals surface area contributed by atoms with E-state index in [1.807, 2.05) is 38.2 Å². The van der Waals surface area contributed by atoms with Crippen molar-refractivity contribution in [3.8, 4) is 0 Å². The molecule has 1 aliphatic rings. The summed E-state index contributed by atoms with van der Waals surface area (Å²) in [5.41, 5.74) is 1.90. The molecule has 2 rings (SSSR count). The summed E-state index contributed by atoms with van der Waals surface area (Å²) >= 11 is 0. The zero-order valence-corrected chi connectivity index (χ0v) is 15.9. The molecular formula is C20H31N3O2. The van der Waals surface area contributed by atoms with Crippen LogP contribution in [0.4, 0.5) is 5.69 Å². The van der Waals surface area contributed by atoms with Crippen molar-refractivity contribution in [2.45, 2.75) is 45.6 Å². The Hall–Kier alpha value is -1.88. The van der Waals surface area contributed by atoms with Gasteiger partial charge in [-0.05, 0) is 57.7 Å². The van der Waals surface area contributed by atoms with Crippen molar-refractivity contribution < 1.29 is 9.59 Å². The third kappa shape index (κ3) is 6.16. The molecule has 0 heterocycles. The predicted molar refractivity (Wildman–Crippen MR) is 101 cm³/mol. The van der Waals surface area contributed by atoms with Crippen LogP contribution in [0.5, 0.6) is 0 Å². The molecule has 0 aliphatic heterocycles. The van der Waals surface area contributed by atoms with E-state index in [9.17, 15) is 9.59 Å². The lowest BCUT2D eigenvalue weighted by molar-refractivity contribution is -0.134. The van der Waals surface area contributed by atoms with E-state index < -0.39 is 0 Å². The van der Waals surface area contributed by atoms with Gasteiger partial charge < -0.3 is 10.2 Å². The molecule has 0 unspecified atom stereocenters. The first-order chi connectivity index (χ1) is 11.8. The molecule has 0 bridgehead atoms. The Morgan fingerprint density at radius 3 is 2.24 bits per heavy atom. The normalized spacial score (nSPS) is 20.4. The number of hydrogen-bond donors (Lipinski definition) is 1. The van der Waals surface area contributed by atoms with E-state index in [1.54, 1.807) is 7.05 Å². The van der Waals surface area contributed by atoms with Crippen LogP contribution >= 0.6 is 0 Å². The van der Waals surface area contributed by atoms with E-state index in [0.717, 1.165) is 30.0 Å². The monoisotopic (exact) mass is 345 g/mol. The second kappa shape index (κ2) is 8.99. The number of carbonyl (C=O) groups excluding carboxylic acids is 2. The van der Waals surface area contributed by atoms with Gasteiger partial charge in [0.05, 0.1) is 13.1 Å². The van der Waals surface area contributed by atoms with Crippen LogP contribution in [-0.4, -0.2) is 54.8 Å². The molecule has 2 amide bonds.